The maximum atomic E-state index is 13.4. The molecular formula is C12H13F5O5Si. The molecule has 0 radical (unpaired) electrons. The lowest BCUT2D eigenvalue weighted by molar-refractivity contribution is 0.0186. The van der Waals surface area contributed by atoms with Crippen LogP contribution in [0.3, 0.4) is 0 Å². The van der Waals surface area contributed by atoms with Crippen LogP contribution in [0.1, 0.15) is 17.3 Å². The highest BCUT2D eigenvalue weighted by Crippen LogP contribution is 2.23. The van der Waals surface area contributed by atoms with Crippen molar-refractivity contribution < 1.29 is 44.8 Å². The topological polar surface area (TPSA) is 54.0 Å². The molecule has 0 aromatic heterocycles. The second-order valence-corrected chi connectivity index (χ2v) is 6.04. The van der Waals surface area contributed by atoms with E-state index in [0.29, 0.717) is 0 Å². The SMILES string of the molecule is CO[SiH](OC)OC(C)COC(=O)c1c(F)c(F)c(F)c(F)c1F. The molecule has 0 aliphatic rings. The number of ether oxygens (including phenoxy) is 1. The smallest absolute Gasteiger partial charge is 0.459 e. The summed E-state index contributed by atoms with van der Waals surface area (Å²) in [5.41, 5.74) is -1.67. The molecule has 1 rings (SSSR count). The van der Waals surface area contributed by atoms with E-state index in [4.69, 9.17) is 13.3 Å². The van der Waals surface area contributed by atoms with Crippen LogP contribution in [0.15, 0.2) is 0 Å². The first kappa shape index (κ1) is 19.5. The molecule has 0 saturated heterocycles. The lowest BCUT2D eigenvalue weighted by atomic mass is 10.1. The minimum atomic E-state index is -2.44. The molecule has 0 N–H and O–H groups in total. The van der Waals surface area contributed by atoms with E-state index in [1.54, 1.807) is 0 Å². The number of carbonyl (C=O) groups is 1. The molecule has 0 amide bonds. The Morgan fingerprint density at radius 1 is 0.957 bits per heavy atom. The molecule has 130 valence electrons. The molecule has 11 heteroatoms. The van der Waals surface area contributed by atoms with Crippen LogP contribution >= 0.6 is 0 Å². The van der Waals surface area contributed by atoms with Gasteiger partial charge in [-0.1, -0.05) is 0 Å². The monoisotopic (exact) mass is 360 g/mol. The number of hydrogen-bond acceptors (Lipinski definition) is 5. The third-order valence-electron chi connectivity index (χ3n) is 2.59. The highest BCUT2D eigenvalue weighted by Gasteiger charge is 2.31. The van der Waals surface area contributed by atoms with Crippen molar-refractivity contribution in [3.63, 3.8) is 0 Å². The zero-order valence-corrected chi connectivity index (χ0v) is 13.4. The molecule has 0 spiro atoms. The summed E-state index contributed by atoms with van der Waals surface area (Å²) in [6.45, 7) is 0.929. The zero-order valence-electron chi connectivity index (χ0n) is 12.3. The van der Waals surface area contributed by atoms with Crippen LogP contribution in [-0.2, 0) is 18.0 Å². The maximum absolute atomic E-state index is 13.4. The van der Waals surface area contributed by atoms with Gasteiger partial charge in [-0.05, 0) is 6.92 Å². The van der Waals surface area contributed by atoms with E-state index < -0.39 is 62.9 Å². The molecule has 1 aromatic carbocycles. The first-order chi connectivity index (χ1) is 10.7. The van der Waals surface area contributed by atoms with E-state index in [9.17, 15) is 26.7 Å². The molecule has 1 aromatic rings. The van der Waals surface area contributed by atoms with Crippen LogP contribution in [-0.4, -0.2) is 42.4 Å². The fourth-order valence-corrected chi connectivity index (χ4v) is 2.36. The molecule has 0 saturated carbocycles. The average Bonchev–Trinajstić information content (AvgIpc) is 2.54. The highest BCUT2D eigenvalue weighted by atomic mass is 28.3. The van der Waals surface area contributed by atoms with Crippen molar-refractivity contribution in [2.45, 2.75) is 13.0 Å². The summed E-state index contributed by atoms with van der Waals surface area (Å²) in [6.07, 6.45) is -0.781. The van der Waals surface area contributed by atoms with Gasteiger partial charge in [-0.25, -0.2) is 26.7 Å². The van der Waals surface area contributed by atoms with Crippen molar-refractivity contribution >= 4 is 15.5 Å². The molecule has 5 nitrogen and oxygen atoms in total. The van der Waals surface area contributed by atoms with Crippen LogP contribution in [0.5, 0.6) is 0 Å². The Kier molecular flexibility index (Phi) is 7.06. The van der Waals surface area contributed by atoms with E-state index in [1.165, 1.54) is 21.1 Å². The Hall–Kier alpha value is -1.56. The van der Waals surface area contributed by atoms with Crippen molar-refractivity contribution in [3.05, 3.63) is 34.6 Å². The minimum absolute atomic E-state index is 0.505. The van der Waals surface area contributed by atoms with Gasteiger partial charge in [0.2, 0.25) is 5.82 Å². The van der Waals surface area contributed by atoms with E-state index in [0.717, 1.165) is 0 Å². The molecule has 1 unspecified atom stereocenters. The summed E-state index contributed by atoms with van der Waals surface area (Å²) in [5.74, 6) is -13.1. The van der Waals surface area contributed by atoms with E-state index in [2.05, 4.69) is 4.74 Å². The first-order valence-electron chi connectivity index (χ1n) is 6.14. The van der Waals surface area contributed by atoms with Gasteiger partial charge < -0.3 is 18.0 Å². The summed E-state index contributed by atoms with van der Waals surface area (Å²) in [5, 5.41) is 0. The second-order valence-electron chi connectivity index (χ2n) is 4.25. The first-order valence-corrected chi connectivity index (χ1v) is 7.55. The summed E-state index contributed by atoms with van der Waals surface area (Å²) in [6, 6.07) is 0. The lowest BCUT2D eigenvalue weighted by Crippen LogP contribution is -2.32. The van der Waals surface area contributed by atoms with Crippen molar-refractivity contribution in [2.24, 2.45) is 0 Å². The molecule has 0 aliphatic heterocycles. The Morgan fingerprint density at radius 3 is 1.83 bits per heavy atom. The van der Waals surface area contributed by atoms with E-state index in [1.807, 2.05) is 0 Å². The number of esters is 1. The maximum Gasteiger partial charge on any atom is 0.484 e. The molecule has 0 aliphatic carbocycles. The van der Waals surface area contributed by atoms with Gasteiger partial charge in [0.05, 0.1) is 6.10 Å². The molecule has 23 heavy (non-hydrogen) atoms. The van der Waals surface area contributed by atoms with Crippen LogP contribution < -0.4 is 0 Å². The number of carbonyl (C=O) groups excluding carboxylic acids is 1. The average molecular weight is 360 g/mol. The predicted octanol–water partition coefficient (Wildman–Crippen LogP) is 1.95. The molecule has 0 heterocycles. The lowest BCUT2D eigenvalue weighted by Gasteiger charge is -2.18. The van der Waals surface area contributed by atoms with Gasteiger partial charge in [0.1, 0.15) is 12.2 Å². The van der Waals surface area contributed by atoms with Crippen LogP contribution in [0.4, 0.5) is 22.0 Å². The van der Waals surface area contributed by atoms with Gasteiger partial charge in [-0.15, -0.1) is 0 Å². The largest absolute Gasteiger partial charge is 0.484 e. The quantitative estimate of drug-likeness (QED) is 0.245. The summed E-state index contributed by atoms with van der Waals surface area (Å²) < 4.78 is 85.1. The minimum Gasteiger partial charge on any atom is -0.459 e. The van der Waals surface area contributed by atoms with Gasteiger partial charge >= 0.3 is 15.5 Å². The predicted molar refractivity (Wildman–Crippen MR) is 68.2 cm³/mol. The number of rotatable bonds is 7. The zero-order chi connectivity index (χ0) is 17.7. The van der Waals surface area contributed by atoms with Gasteiger partial charge in [-0.3, -0.25) is 0 Å². The van der Waals surface area contributed by atoms with Gasteiger partial charge in [0, 0.05) is 14.2 Å². The fourth-order valence-electron chi connectivity index (χ4n) is 1.49. The Bertz CT molecular complexity index is 552. The molecular weight excluding hydrogens is 347 g/mol. The summed E-state index contributed by atoms with van der Waals surface area (Å²) in [7, 11) is 0.216. The Labute approximate surface area is 129 Å². The fraction of sp³-hybridized carbons (Fsp3) is 0.417. The van der Waals surface area contributed by atoms with Crippen molar-refractivity contribution in [1.82, 2.24) is 0 Å². The summed E-state index contributed by atoms with van der Waals surface area (Å²) in [4.78, 5) is 11.6. The van der Waals surface area contributed by atoms with Crippen molar-refractivity contribution in [3.8, 4) is 0 Å². The second kappa shape index (κ2) is 8.33. The third kappa shape index (κ3) is 4.47. The van der Waals surface area contributed by atoms with Crippen molar-refractivity contribution in [2.75, 3.05) is 20.8 Å². The molecule has 0 fully saturated rings. The van der Waals surface area contributed by atoms with Gasteiger partial charge in [-0.2, -0.15) is 0 Å². The van der Waals surface area contributed by atoms with Crippen LogP contribution in [0.2, 0.25) is 0 Å². The van der Waals surface area contributed by atoms with Gasteiger partial charge in [0.15, 0.2) is 23.3 Å². The molecule has 1 atom stereocenters. The van der Waals surface area contributed by atoms with Crippen molar-refractivity contribution in [1.29, 1.82) is 0 Å². The Morgan fingerprint density at radius 2 is 1.39 bits per heavy atom. The Balaban J connectivity index is 2.84. The third-order valence-corrected chi connectivity index (χ3v) is 4.05. The number of hydrogen-bond donors (Lipinski definition) is 0. The highest BCUT2D eigenvalue weighted by molar-refractivity contribution is 6.36. The van der Waals surface area contributed by atoms with Crippen LogP contribution in [0, 0.1) is 29.1 Å². The van der Waals surface area contributed by atoms with E-state index in [-0.39, 0.29) is 0 Å². The van der Waals surface area contributed by atoms with E-state index >= 15 is 0 Å². The number of halogens is 5. The standard InChI is InChI=1S/C12H13F5O5Si/c1-5(22-23(19-2)20-3)4-21-12(18)6-7(13)9(15)11(17)10(16)8(6)14/h5,23H,4H2,1-3H3. The number of benzene rings is 1. The normalized spacial score (nSPS) is 12.6. The molecule has 0 bridgehead atoms. The summed E-state index contributed by atoms with van der Waals surface area (Å²) >= 11 is 0. The van der Waals surface area contributed by atoms with Crippen LogP contribution in [0.25, 0.3) is 0 Å². The van der Waals surface area contributed by atoms with Gasteiger partial charge in [0.25, 0.3) is 0 Å².